The molecule has 0 bridgehead atoms. The highest BCUT2D eigenvalue weighted by Crippen LogP contribution is 2.22. The average molecular weight is 258 g/mol. The number of thiophene rings is 1. The Balaban J connectivity index is 2.10. The second-order valence-corrected chi connectivity index (χ2v) is 5.88. The lowest BCUT2D eigenvalue weighted by molar-refractivity contribution is 0.0997. The molecular formula is C16H18OS. The van der Waals surface area contributed by atoms with Crippen LogP contribution < -0.4 is 0 Å². The van der Waals surface area contributed by atoms with Crippen LogP contribution in [0.4, 0.5) is 0 Å². The summed E-state index contributed by atoms with van der Waals surface area (Å²) in [4.78, 5) is 14.3. The average Bonchev–Trinajstić information content (AvgIpc) is 2.71. The molecule has 0 N–H and O–H groups in total. The first-order chi connectivity index (χ1) is 8.60. The van der Waals surface area contributed by atoms with Gasteiger partial charge < -0.3 is 0 Å². The summed E-state index contributed by atoms with van der Waals surface area (Å²) in [5.74, 6) is 0.223. The third-order valence-electron chi connectivity index (χ3n) is 3.24. The maximum atomic E-state index is 12.1. The van der Waals surface area contributed by atoms with E-state index in [9.17, 15) is 4.79 Å². The molecule has 1 nitrogen and oxygen atoms in total. The highest BCUT2D eigenvalue weighted by molar-refractivity contribution is 7.14. The fourth-order valence-electron chi connectivity index (χ4n) is 1.88. The smallest absolute Gasteiger partial charge is 0.177 e. The third-order valence-corrected chi connectivity index (χ3v) is 4.43. The molecule has 0 unspecified atom stereocenters. The van der Waals surface area contributed by atoms with Crippen LogP contribution in [0, 0.1) is 13.8 Å². The van der Waals surface area contributed by atoms with E-state index >= 15 is 0 Å². The zero-order chi connectivity index (χ0) is 13.1. The topological polar surface area (TPSA) is 17.1 Å². The number of ketones is 1. The second-order valence-electron chi connectivity index (χ2n) is 4.62. The lowest BCUT2D eigenvalue weighted by Gasteiger charge is -2.01. The molecule has 94 valence electrons. The highest BCUT2D eigenvalue weighted by Gasteiger charge is 2.11. The molecule has 0 amide bonds. The van der Waals surface area contributed by atoms with E-state index in [0.717, 1.165) is 16.9 Å². The summed E-state index contributed by atoms with van der Waals surface area (Å²) in [6.07, 6.45) is 1.54. The van der Waals surface area contributed by atoms with Gasteiger partial charge in [0.1, 0.15) is 0 Å². The van der Waals surface area contributed by atoms with Crippen LogP contribution in [0.1, 0.15) is 38.2 Å². The molecule has 0 fully saturated rings. The molecular weight excluding hydrogens is 240 g/mol. The van der Waals surface area contributed by atoms with Crippen molar-refractivity contribution in [1.82, 2.24) is 0 Å². The molecule has 0 radical (unpaired) electrons. The van der Waals surface area contributed by atoms with E-state index in [-0.39, 0.29) is 5.78 Å². The summed E-state index contributed by atoms with van der Waals surface area (Å²) in [7, 11) is 0. The lowest BCUT2D eigenvalue weighted by atomic mass is 10.0. The molecule has 1 aromatic heterocycles. The Morgan fingerprint density at radius 1 is 1.11 bits per heavy atom. The molecule has 18 heavy (non-hydrogen) atoms. The van der Waals surface area contributed by atoms with Gasteiger partial charge in [0.2, 0.25) is 0 Å². The van der Waals surface area contributed by atoms with E-state index in [0.29, 0.717) is 6.42 Å². The van der Waals surface area contributed by atoms with Gasteiger partial charge in [-0.15, -0.1) is 11.3 Å². The van der Waals surface area contributed by atoms with Crippen molar-refractivity contribution in [3.05, 3.63) is 56.8 Å². The maximum Gasteiger partial charge on any atom is 0.177 e. The fourth-order valence-corrected chi connectivity index (χ4v) is 2.85. The largest absolute Gasteiger partial charge is 0.293 e. The van der Waals surface area contributed by atoms with Gasteiger partial charge in [-0.3, -0.25) is 4.79 Å². The van der Waals surface area contributed by atoms with Gasteiger partial charge in [0, 0.05) is 11.3 Å². The van der Waals surface area contributed by atoms with Crippen LogP contribution in [-0.2, 0) is 12.8 Å². The summed E-state index contributed by atoms with van der Waals surface area (Å²) in [5, 5.41) is 0. The number of carbonyl (C=O) groups excluding carboxylic acids is 1. The van der Waals surface area contributed by atoms with Crippen LogP contribution in [-0.4, -0.2) is 5.78 Å². The van der Waals surface area contributed by atoms with E-state index in [1.54, 1.807) is 11.3 Å². The fraction of sp³-hybridized carbons (Fsp3) is 0.312. The van der Waals surface area contributed by atoms with Crippen molar-refractivity contribution in [3.63, 3.8) is 0 Å². The zero-order valence-electron chi connectivity index (χ0n) is 11.1. The Morgan fingerprint density at radius 2 is 1.72 bits per heavy atom. The molecule has 0 saturated carbocycles. The van der Waals surface area contributed by atoms with E-state index in [2.05, 4.69) is 45.0 Å². The van der Waals surface area contributed by atoms with E-state index in [4.69, 9.17) is 0 Å². The highest BCUT2D eigenvalue weighted by atomic mass is 32.1. The molecule has 2 aromatic rings. The van der Waals surface area contributed by atoms with E-state index in [1.165, 1.54) is 16.0 Å². The predicted molar refractivity (Wildman–Crippen MR) is 77.6 cm³/mol. The number of aryl methyl sites for hydroxylation is 3. The van der Waals surface area contributed by atoms with E-state index in [1.807, 2.05) is 6.07 Å². The van der Waals surface area contributed by atoms with Gasteiger partial charge >= 0.3 is 0 Å². The summed E-state index contributed by atoms with van der Waals surface area (Å²) in [5.41, 5.74) is 3.62. The number of carbonyl (C=O) groups is 1. The molecule has 0 aliphatic heterocycles. The van der Waals surface area contributed by atoms with Crippen LogP contribution in [0.5, 0.6) is 0 Å². The first-order valence-electron chi connectivity index (χ1n) is 6.28. The van der Waals surface area contributed by atoms with Gasteiger partial charge in [-0.2, -0.15) is 0 Å². The summed E-state index contributed by atoms with van der Waals surface area (Å²) in [6.45, 7) is 6.25. The van der Waals surface area contributed by atoms with Gasteiger partial charge in [-0.25, -0.2) is 0 Å². The molecule has 0 spiro atoms. The van der Waals surface area contributed by atoms with Gasteiger partial charge in [0.25, 0.3) is 0 Å². The predicted octanol–water partition coefficient (Wildman–Crippen LogP) is 4.35. The SMILES string of the molecule is CCc1ccc(CC(=O)c2cc(C)c(C)s2)cc1. The summed E-state index contributed by atoms with van der Waals surface area (Å²) in [6, 6.07) is 10.3. The van der Waals surface area contributed by atoms with Crippen LogP contribution in [0.25, 0.3) is 0 Å². The molecule has 2 heteroatoms. The van der Waals surface area contributed by atoms with Crippen molar-refractivity contribution in [2.45, 2.75) is 33.6 Å². The Bertz CT molecular complexity index is 529. The Labute approximate surface area is 112 Å². The standard InChI is InChI=1S/C16H18OS/c1-4-13-5-7-14(8-6-13)10-15(17)16-9-11(2)12(3)18-16/h5-9H,4,10H2,1-3H3. The minimum Gasteiger partial charge on any atom is -0.293 e. The molecule has 0 aliphatic rings. The van der Waals surface area contributed by atoms with E-state index < -0.39 is 0 Å². The van der Waals surface area contributed by atoms with Crippen LogP contribution in [0.3, 0.4) is 0 Å². The minimum absolute atomic E-state index is 0.223. The van der Waals surface area contributed by atoms with Crippen molar-refractivity contribution < 1.29 is 4.79 Å². The summed E-state index contributed by atoms with van der Waals surface area (Å²) < 4.78 is 0. The maximum absolute atomic E-state index is 12.1. The Morgan fingerprint density at radius 3 is 2.22 bits per heavy atom. The Kier molecular flexibility index (Phi) is 3.97. The second kappa shape index (κ2) is 5.49. The number of hydrogen-bond acceptors (Lipinski definition) is 2. The third kappa shape index (κ3) is 2.88. The first kappa shape index (κ1) is 13.0. The summed E-state index contributed by atoms with van der Waals surface area (Å²) >= 11 is 1.60. The van der Waals surface area contributed by atoms with Crippen LogP contribution in [0.2, 0.25) is 0 Å². The zero-order valence-corrected chi connectivity index (χ0v) is 11.9. The molecule has 1 aromatic carbocycles. The number of hydrogen-bond donors (Lipinski definition) is 0. The van der Waals surface area contributed by atoms with Crippen molar-refractivity contribution in [1.29, 1.82) is 0 Å². The Hall–Kier alpha value is -1.41. The molecule has 0 atom stereocenters. The molecule has 0 saturated heterocycles. The number of Topliss-reactive ketones (excluding diaryl/α,β-unsaturated/α-hetero) is 1. The minimum atomic E-state index is 0.223. The van der Waals surface area contributed by atoms with Crippen LogP contribution >= 0.6 is 11.3 Å². The van der Waals surface area contributed by atoms with Crippen molar-refractivity contribution in [3.8, 4) is 0 Å². The van der Waals surface area contributed by atoms with Gasteiger partial charge in [-0.1, -0.05) is 31.2 Å². The quantitative estimate of drug-likeness (QED) is 0.745. The molecule has 0 aliphatic carbocycles. The van der Waals surface area contributed by atoms with Crippen molar-refractivity contribution in [2.24, 2.45) is 0 Å². The van der Waals surface area contributed by atoms with Gasteiger partial charge in [0.05, 0.1) is 4.88 Å². The molecule has 1 heterocycles. The van der Waals surface area contributed by atoms with Gasteiger partial charge in [0.15, 0.2) is 5.78 Å². The number of rotatable bonds is 4. The van der Waals surface area contributed by atoms with Crippen molar-refractivity contribution >= 4 is 17.1 Å². The monoisotopic (exact) mass is 258 g/mol. The lowest BCUT2D eigenvalue weighted by Crippen LogP contribution is -2.01. The van der Waals surface area contributed by atoms with Crippen LogP contribution in [0.15, 0.2) is 30.3 Å². The van der Waals surface area contributed by atoms with Gasteiger partial charge in [-0.05, 0) is 43.0 Å². The first-order valence-corrected chi connectivity index (χ1v) is 7.10. The normalized spacial score (nSPS) is 10.6. The van der Waals surface area contributed by atoms with Crippen molar-refractivity contribution in [2.75, 3.05) is 0 Å². The number of benzene rings is 1. The molecule has 2 rings (SSSR count).